The first kappa shape index (κ1) is 17.3. The number of halogens is 1. The topological polar surface area (TPSA) is 55.1 Å². The minimum Gasteiger partial charge on any atom is -0.351 e. The molecule has 2 aliphatic carbocycles. The summed E-state index contributed by atoms with van der Waals surface area (Å²) in [4.78, 5) is 13.5. The highest BCUT2D eigenvalue weighted by molar-refractivity contribution is 5.82. The number of allylic oxidation sites excluding steroid dienone is 1. The number of aryl methyl sites for hydroxylation is 2. The van der Waals surface area contributed by atoms with Crippen molar-refractivity contribution in [3.8, 4) is 0 Å². The van der Waals surface area contributed by atoms with Gasteiger partial charge in [-0.3, -0.25) is 0 Å². The van der Waals surface area contributed by atoms with Gasteiger partial charge in [0.1, 0.15) is 0 Å². The number of aromatic nitrogens is 4. The molecule has 0 bridgehead atoms. The number of anilines is 1. The van der Waals surface area contributed by atoms with Gasteiger partial charge in [-0.1, -0.05) is 25.3 Å². The summed E-state index contributed by atoms with van der Waals surface area (Å²) < 4.78 is 16.4. The van der Waals surface area contributed by atoms with Crippen LogP contribution in [0.3, 0.4) is 0 Å². The molecule has 3 heterocycles. The lowest BCUT2D eigenvalue weighted by Crippen LogP contribution is -2.24. The Morgan fingerprint density at radius 3 is 2.86 bits per heavy atom. The largest absolute Gasteiger partial charge is 0.351 e. The third-order valence-corrected chi connectivity index (χ3v) is 5.88. The summed E-state index contributed by atoms with van der Waals surface area (Å²) in [6.45, 7) is 1.93. The van der Waals surface area contributed by atoms with E-state index in [1.807, 2.05) is 19.3 Å². The van der Waals surface area contributed by atoms with Crippen molar-refractivity contribution in [2.24, 2.45) is 0 Å². The Bertz CT molecular complexity index is 1060. The highest BCUT2D eigenvalue weighted by Gasteiger charge is 2.20. The standard InChI is InChI=1S/C22H24FN5/c1-14-11-24-21-19(23)10-15(13-28(14)21)17-8-5-9-20-18(17)12-25-22(27-20)26-16-6-3-2-4-7-16/h8,10-13,16H,2-7,9H2,1H3,(H,25,26,27). The molecular formula is C22H24FN5. The van der Waals surface area contributed by atoms with E-state index >= 15 is 0 Å². The summed E-state index contributed by atoms with van der Waals surface area (Å²) in [6.07, 6.45) is 15.7. The van der Waals surface area contributed by atoms with Crippen molar-refractivity contribution in [3.05, 3.63) is 59.1 Å². The van der Waals surface area contributed by atoms with Gasteiger partial charge in [-0.15, -0.1) is 0 Å². The van der Waals surface area contributed by atoms with Crippen molar-refractivity contribution in [1.82, 2.24) is 19.4 Å². The Labute approximate surface area is 163 Å². The van der Waals surface area contributed by atoms with Crippen LogP contribution in [0.4, 0.5) is 10.3 Å². The van der Waals surface area contributed by atoms with E-state index in [1.54, 1.807) is 16.7 Å². The molecule has 1 N–H and O–H groups in total. The van der Waals surface area contributed by atoms with Crippen LogP contribution < -0.4 is 5.32 Å². The maximum absolute atomic E-state index is 14.6. The number of nitrogens with one attached hydrogen (secondary N) is 1. The van der Waals surface area contributed by atoms with Gasteiger partial charge in [-0.05, 0) is 44.2 Å². The Kier molecular flexibility index (Phi) is 4.34. The van der Waals surface area contributed by atoms with Crippen LogP contribution in [0.15, 0.2) is 30.7 Å². The van der Waals surface area contributed by atoms with Crippen LogP contribution in [0.2, 0.25) is 0 Å². The second kappa shape index (κ2) is 7.00. The van der Waals surface area contributed by atoms with Crippen molar-refractivity contribution in [3.63, 3.8) is 0 Å². The normalized spacial score (nSPS) is 17.4. The van der Waals surface area contributed by atoms with Crippen molar-refractivity contribution < 1.29 is 4.39 Å². The molecule has 6 heteroatoms. The lowest BCUT2D eigenvalue weighted by molar-refractivity contribution is 0.460. The number of nitrogens with zero attached hydrogens (tertiary/aromatic N) is 4. The molecule has 0 saturated heterocycles. The maximum Gasteiger partial charge on any atom is 0.223 e. The first-order valence-electron chi connectivity index (χ1n) is 10.2. The zero-order chi connectivity index (χ0) is 19.1. The molecule has 0 aliphatic heterocycles. The molecule has 0 unspecified atom stereocenters. The highest BCUT2D eigenvalue weighted by Crippen LogP contribution is 2.32. The van der Waals surface area contributed by atoms with Crippen LogP contribution in [-0.2, 0) is 6.42 Å². The molecule has 0 radical (unpaired) electrons. The first-order chi connectivity index (χ1) is 13.7. The lowest BCUT2D eigenvalue weighted by Gasteiger charge is -2.24. The van der Waals surface area contributed by atoms with E-state index in [2.05, 4.69) is 21.4 Å². The number of fused-ring (bicyclic) bond motifs is 2. The number of hydrogen-bond acceptors (Lipinski definition) is 4. The summed E-state index contributed by atoms with van der Waals surface area (Å²) >= 11 is 0. The van der Waals surface area contributed by atoms with Gasteiger partial charge in [0.2, 0.25) is 5.95 Å². The van der Waals surface area contributed by atoms with E-state index in [1.165, 1.54) is 32.1 Å². The van der Waals surface area contributed by atoms with Crippen molar-refractivity contribution in [2.45, 2.75) is 57.9 Å². The zero-order valence-electron chi connectivity index (χ0n) is 16.1. The van der Waals surface area contributed by atoms with Crippen molar-refractivity contribution >= 4 is 17.2 Å². The fourth-order valence-electron chi connectivity index (χ4n) is 4.38. The van der Waals surface area contributed by atoms with Gasteiger partial charge >= 0.3 is 0 Å². The smallest absolute Gasteiger partial charge is 0.223 e. The van der Waals surface area contributed by atoms with Gasteiger partial charge in [0.05, 0.1) is 5.69 Å². The average Bonchev–Trinajstić information content (AvgIpc) is 3.09. The second-order valence-electron chi connectivity index (χ2n) is 7.86. The fourth-order valence-corrected chi connectivity index (χ4v) is 4.38. The van der Waals surface area contributed by atoms with E-state index in [0.29, 0.717) is 11.7 Å². The maximum atomic E-state index is 14.6. The number of pyridine rings is 1. The predicted octanol–water partition coefficient (Wildman–Crippen LogP) is 4.69. The average molecular weight is 377 g/mol. The van der Waals surface area contributed by atoms with Crippen LogP contribution in [0.1, 0.15) is 61.0 Å². The number of hydrogen-bond donors (Lipinski definition) is 1. The molecule has 1 saturated carbocycles. The van der Waals surface area contributed by atoms with Crippen LogP contribution in [-0.4, -0.2) is 25.4 Å². The van der Waals surface area contributed by atoms with Gasteiger partial charge in [0.15, 0.2) is 11.5 Å². The van der Waals surface area contributed by atoms with E-state index in [9.17, 15) is 4.39 Å². The Hall–Kier alpha value is -2.76. The Balaban J connectivity index is 1.48. The summed E-state index contributed by atoms with van der Waals surface area (Å²) in [5.74, 6) is 0.411. The van der Waals surface area contributed by atoms with Crippen LogP contribution in [0.5, 0.6) is 0 Å². The molecule has 0 aromatic carbocycles. The molecule has 0 amide bonds. The molecule has 144 valence electrons. The predicted molar refractivity (Wildman–Crippen MR) is 108 cm³/mol. The molecule has 0 atom stereocenters. The van der Waals surface area contributed by atoms with E-state index < -0.39 is 0 Å². The molecule has 3 aromatic heterocycles. The van der Waals surface area contributed by atoms with E-state index in [0.717, 1.165) is 46.9 Å². The molecule has 3 aromatic rings. The fraction of sp³-hybridized carbons (Fsp3) is 0.409. The summed E-state index contributed by atoms with van der Waals surface area (Å²) in [6, 6.07) is 2.04. The minimum atomic E-state index is -0.310. The van der Waals surface area contributed by atoms with Gasteiger partial charge in [0.25, 0.3) is 0 Å². The minimum absolute atomic E-state index is 0.310. The van der Waals surface area contributed by atoms with E-state index in [-0.39, 0.29) is 5.82 Å². The van der Waals surface area contributed by atoms with E-state index in [4.69, 9.17) is 4.98 Å². The highest BCUT2D eigenvalue weighted by atomic mass is 19.1. The molecule has 1 fully saturated rings. The quantitative estimate of drug-likeness (QED) is 0.719. The number of imidazole rings is 1. The third kappa shape index (κ3) is 3.07. The van der Waals surface area contributed by atoms with Gasteiger partial charge in [0, 0.05) is 41.5 Å². The van der Waals surface area contributed by atoms with Gasteiger partial charge in [-0.2, -0.15) is 0 Å². The van der Waals surface area contributed by atoms with Crippen LogP contribution in [0, 0.1) is 12.7 Å². The molecule has 5 nitrogen and oxygen atoms in total. The SMILES string of the molecule is Cc1cnc2c(F)cc(C3=CCCc4nc(NC5CCCCC5)ncc43)cn12. The lowest BCUT2D eigenvalue weighted by atomic mass is 9.91. The van der Waals surface area contributed by atoms with Crippen molar-refractivity contribution in [1.29, 1.82) is 0 Å². The molecule has 5 rings (SSSR count). The molecular weight excluding hydrogens is 353 g/mol. The zero-order valence-corrected chi connectivity index (χ0v) is 16.1. The van der Waals surface area contributed by atoms with Crippen LogP contribution >= 0.6 is 0 Å². The summed E-state index contributed by atoms with van der Waals surface area (Å²) in [7, 11) is 0. The third-order valence-electron chi connectivity index (χ3n) is 5.88. The van der Waals surface area contributed by atoms with Gasteiger partial charge < -0.3 is 9.72 Å². The first-order valence-corrected chi connectivity index (χ1v) is 10.2. The van der Waals surface area contributed by atoms with Crippen LogP contribution in [0.25, 0.3) is 11.2 Å². The number of rotatable bonds is 3. The Morgan fingerprint density at radius 2 is 2.00 bits per heavy atom. The summed E-state index contributed by atoms with van der Waals surface area (Å²) in [5.41, 5.74) is 5.14. The Morgan fingerprint density at radius 1 is 1.14 bits per heavy atom. The molecule has 2 aliphatic rings. The monoisotopic (exact) mass is 377 g/mol. The van der Waals surface area contributed by atoms with Crippen molar-refractivity contribution in [2.75, 3.05) is 5.32 Å². The summed E-state index contributed by atoms with van der Waals surface area (Å²) in [5, 5.41) is 3.51. The van der Waals surface area contributed by atoms with Gasteiger partial charge in [-0.25, -0.2) is 19.3 Å². The second-order valence-corrected chi connectivity index (χ2v) is 7.86. The molecule has 0 spiro atoms. The molecule has 28 heavy (non-hydrogen) atoms.